The Hall–Kier alpha value is -0.620. The minimum Gasteiger partial charge on any atom is -0.491 e. The van der Waals surface area contributed by atoms with Crippen molar-refractivity contribution in [3.05, 3.63) is 28.2 Å². The van der Waals surface area contributed by atoms with Crippen LogP contribution in [0.25, 0.3) is 0 Å². The molecule has 1 aliphatic rings. The van der Waals surface area contributed by atoms with Gasteiger partial charge in [-0.1, -0.05) is 19.1 Å². The molecule has 2 rings (SSSR count). The topological polar surface area (TPSA) is 33.7 Å². The molecule has 5 heteroatoms. The second kappa shape index (κ2) is 8.62. The second-order valence-corrected chi connectivity index (χ2v) is 5.67. The fourth-order valence-corrected chi connectivity index (χ4v) is 2.74. The monoisotopic (exact) mass is 342 g/mol. The van der Waals surface area contributed by atoms with Crippen molar-refractivity contribution in [2.75, 3.05) is 46.0 Å². The highest BCUT2D eigenvalue weighted by molar-refractivity contribution is 9.10. The van der Waals surface area contributed by atoms with E-state index in [0.29, 0.717) is 6.61 Å². The Morgan fingerprint density at radius 2 is 2.15 bits per heavy atom. The summed E-state index contributed by atoms with van der Waals surface area (Å²) in [5.41, 5.74) is 1.20. The summed E-state index contributed by atoms with van der Waals surface area (Å²) >= 11 is 3.58. The molecule has 0 aromatic heterocycles. The van der Waals surface area contributed by atoms with Crippen LogP contribution in [0.1, 0.15) is 12.5 Å². The van der Waals surface area contributed by atoms with Crippen molar-refractivity contribution < 1.29 is 9.47 Å². The number of nitrogens with one attached hydrogen (secondary N) is 1. The van der Waals surface area contributed by atoms with Crippen LogP contribution < -0.4 is 10.1 Å². The summed E-state index contributed by atoms with van der Waals surface area (Å²) in [6, 6.07) is 6.18. The zero-order chi connectivity index (χ0) is 14.2. The third-order valence-corrected chi connectivity index (χ3v) is 4.00. The quantitative estimate of drug-likeness (QED) is 0.824. The maximum atomic E-state index is 6.00. The Morgan fingerprint density at radius 1 is 1.35 bits per heavy atom. The van der Waals surface area contributed by atoms with Gasteiger partial charge in [-0.25, -0.2) is 0 Å². The lowest BCUT2D eigenvalue weighted by atomic mass is 10.2. The first-order chi connectivity index (χ1) is 9.81. The predicted octanol–water partition coefficient (Wildman–Crippen LogP) is 2.27. The highest BCUT2D eigenvalue weighted by Crippen LogP contribution is 2.29. The lowest BCUT2D eigenvalue weighted by Crippen LogP contribution is -2.38. The number of nitrogens with zero attached hydrogens (tertiary/aromatic N) is 1. The molecule has 4 nitrogen and oxygen atoms in total. The molecule has 20 heavy (non-hydrogen) atoms. The van der Waals surface area contributed by atoms with Crippen LogP contribution in [-0.2, 0) is 11.3 Å². The van der Waals surface area contributed by atoms with Crippen LogP contribution in [0.15, 0.2) is 22.7 Å². The molecule has 0 atom stereocenters. The molecule has 1 saturated heterocycles. The molecule has 1 aromatic rings. The molecule has 112 valence electrons. The molecule has 0 bridgehead atoms. The summed E-state index contributed by atoms with van der Waals surface area (Å²) < 4.78 is 12.4. The third-order valence-electron chi connectivity index (χ3n) is 3.37. The number of morpholine rings is 1. The van der Waals surface area contributed by atoms with E-state index in [1.54, 1.807) is 0 Å². The van der Waals surface area contributed by atoms with Gasteiger partial charge in [-0.2, -0.15) is 0 Å². The number of benzene rings is 1. The van der Waals surface area contributed by atoms with Gasteiger partial charge in [-0.3, -0.25) is 4.90 Å². The first-order valence-corrected chi connectivity index (χ1v) is 8.01. The second-order valence-electron chi connectivity index (χ2n) is 4.81. The molecule has 0 aliphatic carbocycles. The maximum absolute atomic E-state index is 6.00. The summed E-state index contributed by atoms with van der Waals surface area (Å²) in [5.74, 6) is 0.960. The molecule has 1 heterocycles. The van der Waals surface area contributed by atoms with Crippen LogP contribution in [0.4, 0.5) is 0 Å². The molecule has 0 unspecified atom stereocenters. The van der Waals surface area contributed by atoms with Crippen molar-refractivity contribution in [3.63, 3.8) is 0 Å². The largest absolute Gasteiger partial charge is 0.491 e. The maximum Gasteiger partial charge on any atom is 0.138 e. The highest BCUT2D eigenvalue weighted by atomic mass is 79.9. The zero-order valence-electron chi connectivity index (χ0n) is 12.0. The highest BCUT2D eigenvalue weighted by Gasteiger charge is 2.12. The summed E-state index contributed by atoms with van der Waals surface area (Å²) in [5, 5.41) is 3.34. The van der Waals surface area contributed by atoms with Crippen LogP contribution in [0.2, 0.25) is 0 Å². The van der Waals surface area contributed by atoms with Crippen molar-refractivity contribution in [2.24, 2.45) is 0 Å². The van der Waals surface area contributed by atoms with E-state index in [-0.39, 0.29) is 0 Å². The lowest BCUT2D eigenvalue weighted by Gasteiger charge is -2.26. The van der Waals surface area contributed by atoms with E-state index < -0.39 is 0 Å². The van der Waals surface area contributed by atoms with Crippen molar-refractivity contribution in [2.45, 2.75) is 13.5 Å². The van der Waals surface area contributed by atoms with Crippen molar-refractivity contribution in [3.8, 4) is 5.75 Å². The molecule has 0 spiro atoms. The van der Waals surface area contributed by atoms with Gasteiger partial charge in [0.25, 0.3) is 0 Å². The smallest absolute Gasteiger partial charge is 0.138 e. The van der Waals surface area contributed by atoms with E-state index in [4.69, 9.17) is 9.47 Å². The Morgan fingerprint density at radius 3 is 2.90 bits per heavy atom. The summed E-state index contributed by atoms with van der Waals surface area (Å²) in [4.78, 5) is 2.38. The molecular weight excluding hydrogens is 320 g/mol. The molecule has 0 amide bonds. The van der Waals surface area contributed by atoms with Gasteiger partial charge in [0, 0.05) is 31.7 Å². The SMILES string of the molecule is CCNCc1cccc(Br)c1OCCN1CCOCC1. The van der Waals surface area contributed by atoms with Gasteiger partial charge in [0.05, 0.1) is 17.7 Å². The summed E-state index contributed by atoms with van der Waals surface area (Å²) in [7, 11) is 0. The zero-order valence-corrected chi connectivity index (χ0v) is 13.6. The molecule has 1 aromatic carbocycles. The van der Waals surface area contributed by atoms with Gasteiger partial charge >= 0.3 is 0 Å². The lowest BCUT2D eigenvalue weighted by molar-refractivity contribution is 0.0321. The number of rotatable bonds is 7. The number of hydrogen-bond donors (Lipinski definition) is 1. The first-order valence-electron chi connectivity index (χ1n) is 7.22. The van der Waals surface area contributed by atoms with E-state index in [1.165, 1.54) is 5.56 Å². The summed E-state index contributed by atoms with van der Waals surface area (Å²) in [6.07, 6.45) is 0. The molecule has 1 fully saturated rings. The summed E-state index contributed by atoms with van der Waals surface area (Å²) in [6.45, 7) is 9.24. The van der Waals surface area contributed by atoms with E-state index in [2.05, 4.69) is 39.1 Å². The van der Waals surface area contributed by atoms with Gasteiger partial charge in [-0.05, 0) is 28.5 Å². The molecular formula is C15H23BrN2O2. The van der Waals surface area contributed by atoms with E-state index >= 15 is 0 Å². The van der Waals surface area contributed by atoms with Gasteiger partial charge in [0.1, 0.15) is 12.4 Å². The number of halogens is 1. The van der Waals surface area contributed by atoms with E-state index in [9.17, 15) is 0 Å². The fourth-order valence-electron chi connectivity index (χ4n) is 2.22. The predicted molar refractivity (Wildman–Crippen MR) is 84.3 cm³/mol. The normalized spacial score (nSPS) is 16.3. The molecule has 1 aliphatic heterocycles. The number of para-hydroxylation sites is 1. The van der Waals surface area contributed by atoms with Gasteiger partial charge < -0.3 is 14.8 Å². The Labute approximate surface area is 129 Å². The van der Waals surface area contributed by atoms with Gasteiger partial charge in [0.15, 0.2) is 0 Å². The van der Waals surface area contributed by atoms with E-state index in [0.717, 1.165) is 56.2 Å². The van der Waals surface area contributed by atoms with Crippen LogP contribution >= 0.6 is 15.9 Å². The van der Waals surface area contributed by atoms with Gasteiger partial charge in [-0.15, -0.1) is 0 Å². The minimum atomic E-state index is 0.710. The minimum absolute atomic E-state index is 0.710. The average Bonchev–Trinajstić information content (AvgIpc) is 2.48. The Kier molecular flexibility index (Phi) is 6.79. The fraction of sp³-hybridized carbons (Fsp3) is 0.600. The van der Waals surface area contributed by atoms with E-state index in [1.807, 2.05) is 12.1 Å². The average molecular weight is 343 g/mol. The van der Waals surface area contributed by atoms with Crippen molar-refractivity contribution in [1.29, 1.82) is 0 Å². The van der Waals surface area contributed by atoms with Crippen LogP contribution in [0.3, 0.4) is 0 Å². The third kappa shape index (κ3) is 4.74. The number of ether oxygens (including phenoxy) is 2. The van der Waals surface area contributed by atoms with Crippen molar-refractivity contribution >= 4 is 15.9 Å². The van der Waals surface area contributed by atoms with Crippen molar-refractivity contribution in [1.82, 2.24) is 10.2 Å². The standard InChI is InChI=1S/C15H23BrN2O2/c1-2-17-12-13-4-3-5-14(16)15(13)20-11-8-18-6-9-19-10-7-18/h3-5,17H,2,6-12H2,1H3. The van der Waals surface area contributed by atoms with Crippen LogP contribution in [-0.4, -0.2) is 50.9 Å². The molecule has 0 radical (unpaired) electrons. The van der Waals surface area contributed by atoms with Crippen LogP contribution in [0.5, 0.6) is 5.75 Å². The first kappa shape index (κ1) is 15.8. The molecule has 0 saturated carbocycles. The van der Waals surface area contributed by atoms with Gasteiger partial charge in [0.2, 0.25) is 0 Å². The Bertz CT molecular complexity index is 409. The van der Waals surface area contributed by atoms with Crippen LogP contribution in [0, 0.1) is 0 Å². The molecule has 1 N–H and O–H groups in total. The Balaban J connectivity index is 1.87. The number of hydrogen-bond acceptors (Lipinski definition) is 4.